The highest BCUT2D eigenvalue weighted by Crippen LogP contribution is 2.60. The van der Waals surface area contributed by atoms with Gasteiger partial charge in [0.25, 0.3) is 0 Å². The fraction of sp³-hybridized carbons (Fsp3) is 0.737. The standard InChI is InChI=1S/C19H28N2OS/c1-21(2)16(17-4-3-5-23-17)12-20-18(22)19-9-13-6-14(10-19)8-15(7-13)11-19/h3-5,13-16H,6-12H2,1-2H3,(H,20,22). The molecule has 1 aromatic heterocycles. The first kappa shape index (κ1) is 15.6. The summed E-state index contributed by atoms with van der Waals surface area (Å²) in [6, 6.07) is 4.55. The number of thiophene rings is 1. The minimum atomic E-state index is -0.0267. The Labute approximate surface area is 143 Å². The number of carbonyl (C=O) groups excluding carboxylic acids is 1. The van der Waals surface area contributed by atoms with Crippen LogP contribution in [0.15, 0.2) is 17.5 Å². The highest BCUT2D eigenvalue weighted by molar-refractivity contribution is 7.10. The molecule has 4 saturated carbocycles. The highest BCUT2D eigenvalue weighted by Gasteiger charge is 2.54. The third kappa shape index (κ3) is 2.85. The Hall–Kier alpha value is -0.870. The van der Waals surface area contributed by atoms with Gasteiger partial charge in [0, 0.05) is 16.8 Å². The molecule has 0 aromatic carbocycles. The van der Waals surface area contributed by atoms with E-state index in [4.69, 9.17) is 0 Å². The van der Waals surface area contributed by atoms with E-state index in [1.807, 2.05) is 0 Å². The SMILES string of the molecule is CN(C)C(CNC(=O)C12CC3CC(CC(C3)C1)C2)c1cccs1. The van der Waals surface area contributed by atoms with Crippen molar-refractivity contribution in [1.29, 1.82) is 0 Å². The monoisotopic (exact) mass is 332 g/mol. The van der Waals surface area contributed by atoms with Crippen molar-refractivity contribution < 1.29 is 4.79 Å². The second-order valence-electron chi connectivity index (χ2n) is 8.40. The average molecular weight is 333 g/mol. The van der Waals surface area contributed by atoms with Crippen LogP contribution in [0, 0.1) is 23.2 Å². The summed E-state index contributed by atoms with van der Waals surface area (Å²) in [4.78, 5) is 16.6. The zero-order valence-electron chi connectivity index (χ0n) is 14.3. The Kier molecular flexibility index (Phi) is 4.01. The highest BCUT2D eigenvalue weighted by atomic mass is 32.1. The van der Waals surface area contributed by atoms with Crippen LogP contribution < -0.4 is 5.32 Å². The fourth-order valence-electron chi connectivity index (χ4n) is 5.78. The predicted octanol–water partition coefficient (Wildman–Crippen LogP) is 3.68. The van der Waals surface area contributed by atoms with Gasteiger partial charge in [0.1, 0.15) is 0 Å². The molecule has 4 aliphatic carbocycles. The van der Waals surface area contributed by atoms with Gasteiger partial charge in [-0.15, -0.1) is 11.3 Å². The number of carbonyl (C=O) groups is 1. The lowest BCUT2D eigenvalue weighted by Crippen LogP contribution is -2.54. The molecule has 1 N–H and O–H groups in total. The molecule has 1 amide bonds. The van der Waals surface area contributed by atoms with Crippen LogP contribution in [-0.4, -0.2) is 31.4 Å². The van der Waals surface area contributed by atoms with Gasteiger partial charge >= 0.3 is 0 Å². The van der Waals surface area contributed by atoms with Crippen LogP contribution in [0.3, 0.4) is 0 Å². The maximum Gasteiger partial charge on any atom is 0.226 e. The van der Waals surface area contributed by atoms with Crippen molar-refractivity contribution in [3.63, 3.8) is 0 Å². The first-order valence-electron chi connectivity index (χ1n) is 9.04. The number of likely N-dealkylation sites (N-methyl/N-ethyl adjacent to an activating group) is 1. The molecule has 0 aliphatic heterocycles. The fourth-order valence-corrected chi connectivity index (χ4v) is 6.71. The van der Waals surface area contributed by atoms with Crippen LogP contribution in [0.4, 0.5) is 0 Å². The van der Waals surface area contributed by atoms with E-state index in [2.05, 4.69) is 41.8 Å². The molecule has 4 fully saturated rings. The number of nitrogens with one attached hydrogen (secondary N) is 1. The molecule has 0 spiro atoms. The molecule has 4 heteroatoms. The Bertz CT molecular complexity index is 531. The first-order valence-corrected chi connectivity index (χ1v) is 9.92. The molecule has 4 bridgehead atoms. The molecule has 23 heavy (non-hydrogen) atoms. The van der Waals surface area contributed by atoms with Crippen molar-refractivity contribution in [2.75, 3.05) is 20.6 Å². The third-order valence-electron chi connectivity index (χ3n) is 6.47. The van der Waals surface area contributed by atoms with Gasteiger partial charge in [-0.1, -0.05) is 6.07 Å². The third-order valence-corrected chi connectivity index (χ3v) is 7.44. The van der Waals surface area contributed by atoms with E-state index < -0.39 is 0 Å². The summed E-state index contributed by atoms with van der Waals surface area (Å²) in [7, 11) is 4.20. The van der Waals surface area contributed by atoms with Gasteiger partial charge < -0.3 is 10.2 Å². The van der Waals surface area contributed by atoms with Crippen LogP contribution in [0.2, 0.25) is 0 Å². The van der Waals surface area contributed by atoms with E-state index in [0.717, 1.165) is 43.6 Å². The quantitative estimate of drug-likeness (QED) is 0.892. The summed E-state index contributed by atoms with van der Waals surface area (Å²) in [5, 5.41) is 5.45. The summed E-state index contributed by atoms with van der Waals surface area (Å²) in [6.45, 7) is 0.730. The summed E-state index contributed by atoms with van der Waals surface area (Å²) < 4.78 is 0. The van der Waals surface area contributed by atoms with Crippen molar-refractivity contribution in [3.8, 4) is 0 Å². The molecule has 1 atom stereocenters. The smallest absolute Gasteiger partial charge is 0.226 e. The number of amides is 1. The Balaban J connectivity index is 1.44. The van der Waals surface area contributed by atoms with Gasteiger partial charge in [-0.2, -0.15) is 0 Å². The van der Waals surface area contributed by atoms with Crippen LogP contribution >= 0.6 is 11.3 Å². The summed E-state index contributed by atoms with van der Waals surface area (Å²) in [5.74, 6) is 2.83. The van der Waals surface area contributed by atoms with E-state index in [1.54, 1.807) is 11.3 Å². The van der Waals surface area contributed by atoms with Crippen molar-refractivity contribution in [1.82, 2.24) is 10.2 Å². The molecule has 1 heterocycles. The van der Waals surface area contributed by atoms with Crippen molar-refractivity contribution in [2.45, 2.75) is 44.6 Å². The molecule has 4 aliphatic rings. The minimum absolute atomic E-state index is 0.0267. The Morgan fingerprint density at radius 2 is 1.87 bits per heavy atom. The normalized spacial score (nSPS) is 36.4. The topological polar surface area (TPSA) is 32.3 Å². The van der Waals surface area contributed by atoms with Crippen LogP contribution in [0.5, 0.6) is 0 Å². The van der Waals surface area contributed by atoms with Gasteiger partial charge in [-0.3, -0.25) is 4.79 Å². The van der Waals surface area contributed by atoms with Gasteiger partial charge in [0.15, 0.2) is 0 Å². The van der Waals surface area contributed by atoms with Crippen LogP contribution in [0.1, 0.15) is 49.4 Å². The average Bonchev–Trinajstić information content (AvgIpc) is 2.99. The summed E-state index contributed by atoms with van der Waals surface area (Å²) in [5.41, 5.74) is -0.0267. The molecule has 1 unspecified atom stereocenters. The number of hydrogen-bond acceptors (Lipinski definition) is 3. The molecule has 1 aromatic rings. The molecule has 3 nitrogen and oxygen atoms in total. The molecule has 0 radical (unpaired) electrons. The summed E-state index contributed by atoms with van der Waals surface area (Å²) in [6.07, 6.45) is 7.62. The lowest BCUT2D eigenvalue weighted by atomic mass is 9.49. The maximum atomic E-state index is 13.1. The second-order valence-corrected chi connectivity index (χ2v) is 9.38. The van der Waals surface area contributed by atoms with Crippen molar-refractivity contribution in [3.05, 3.63) is 22.4 Å². The maximum absolute atomic E-state index is 13.1. The van der Waals surface area contributed by atoms with Gasteiger partial charge in [0.2, 0.25) is 5.91 Å². The van der Waals surface area contributed by atoms with Gasteiger partial charge in [-0.25, -0.2) is 0 Å². The minimum Gasteiger partial charge on any atom is -0.354 e. The van der Waals surface area contributed by atoms with Gasteiger partial charge in [0.05, 0.1) is 6.04 Å². The molecule has 126 valence electrons. The first-order chi connectivity index (χ1) is 11.1. The molecule has 0 saturated heterocycles. The van der Waals surface area contributed by atoms with Crippen molar-refractivity contribution in [2.24, 2.45) is 23.2 Å². The van der Waals surface area contributed by atoms with Crippen molar-refractivity contribution >= 4 is 17.2 Å². The largest absolute Gasteiger partial charge is 0.354 e. The van der Waals surface area contributed by atoms with E-state index in [0.29, 0.717) is 5.91 Å². The van der Waals surface area contributed by atoms with E-state index in [9.17, 15) is 4.79 Å². The lowest BCUT2D eigenvalue weighted by molar-refractivity contribution is -0.146. The van der Waals surface area contributed by atoms with Crippen LogP contribution in [-0.2, 0) is 4.79 Å². The molecular formula is C19H28N2OS. The Morgan fingerprint density at radius 3 is 2.35 bits per heavy atom. The molecule has 5 rings (SSSR count). The second kappa shape index (κ2) is 5.89. The number of rotatable bonds is 5. The zero-order valence-corrected chi connectivity index (χ0v) is 15.1. The lowest BCUT2D eigenvalue weighted by Gasteiger charge is -2.55. The van der Waals surface area contributed by atoms with E-state index in [1.165, 1.54) is 24.1 Å². The van der Waals surface area contributed by atoms with E-state index in [-0.39, 0.29) is 11.5 Å². The number of nitrogens with zero attached hydrogens (tertiary/aromatic N) is 1. The van der Waals surface area contributed by atoms with E-state index >= 15 is 0 Å². The van der Waals surface area contributed by atoms with Crippen LogP contribution in [0.25, 0.3) is 0 Å². The molecular weight excluding hydrogens is 304 g/mol. The zero-order chi connectivity index (χ0) is 16.0. The predicted molar refractivity (Wildman–Crippen MR) is 94.4 cm³/mol. The van der Waals surface area contributed by atoms with Gasteiger partial charge in [-0.05, 0) is 81.8 Å². The Morgan fingerprint density at radius 1 is 1.26 bits per heavy atom. The number of hydrogen-bond donors (Lipinski definition) is 1. The summed E-state index contributed by atoms with van der Waals surface area (Å²) >= 11 is 1.78.